The molecule has 1 rings (SSSR count). The smallest absolute Gasteiger partial charge is 1.00 e. The molecule has 0 saturated heterocycles. The van der Waals surface area contributed by atoms with Crippen molar-refractivity contribution in [2.75, 3.05) is 0 Å². The molecule has 0 unspecified atom stereocenters. The van der Waals surface area contributed by atoms with Gasteiger partial charge in [0, 0.05) is 0 Å². The molecular weight excluding hydrogens is 249 g/mol. The molecule has 0 spiro atoms. The van der Waals surface area contributed by atoms with Crippen LogP contribution in [0.3, 0.4) is 0 Å². The summed E-state index contributed by atoms with van der Waals surface area (Å²) < 4.78 is 49.3. The maximum Gasteiger partial charge on any atom is 1.00 e. The van der Waals surface area contributed by atoms with Crippen LogP contribution < -0.4 is 33.7 Å². The molecule has 1 aromatic carbocycles. The summed E-state index contributed by atoms with van der Waals surface area (Å²) in [4.78, 5) is 0. The zero-order chi connectivity index (χ0) is 11.5. The van der Waals surface area contributed by atoms with Gasteiger partial charge in [-0.15, -0.1) is 0 Å². The molecular formula is C9H9F2NaO3S. The van der Waals surface area contributed by atoms with Crippen molar-refractivity contribution in [2.45, 2.75) is 5.76 Å². The van der Waals surface area contributed by atoms with Gasteiger partial charge in [0.1, 0.15) is 5.75 Å². The van der Waals surface area contributed by atoms with E-state index in [-0.39, 0.29) is 36.7 Å². The van der Waals surface area contributed by atoms with Crippen LogP contribution in [0.25, 0.3) is 6.08 Å². The Morgan fingerprint density at radius 2 is 1.81 bits per heavy atom. The van der Waals surface area contributed by atoms with Gasteiger partial charge < -0.3 is 5.61 Å². The summed E-state index contributed by atoms with van der Waals surface area (Å²) in [7, 11) is -4.83. The Labute approximate surface area is 116 Å². The molecule has 3 nitrogen and oxygen atoms in total. The average molecular weight is 258 g/mol. The molecule has 16 heavy (non-hydrogen) atoms. The summed E-state index contributed by atoms with van der Waals surface area (Å²) in [6.07, 6.45) is 1.53. The first kappa shape index (κ1) is 15.6. The number of rotatable bonds is 4. The third-order valence-corrected chi connectivity index (χ3v) is 2.41. The van der Waals surface area contributed by atoms with Gasteiger partial charge in [0.15, 0.2) is 0 Å². The van der Waals surface area contributed by atoms with Crippen LogP contribution in [0, 0.1) is 0 Å². The Morgan fingerprint density at radius 1 is 1.31 bits per heavy atom. The van der Waals surface area contributed by atoms with Crippen LogP contribution in [-0.2, 0) is 10.1 Å². The van der Waals surface area contributed by atoms with E-state index in [1.54, 1.807) is 0 Å². The zero-order valence-corrected chi connectivity index (χ0v) is 11.4. The second-order valence-electron chi connectivity index (χ2n) is 2.61. The molecule has 0 aliphatic heterocycles. The second-order valence-corrected chi connectivity index (χ2v) is 4.12. The first-order chi connectivity index (χ1) is 6.95. The molecule has 7 heteroatoms. The third-order valence-electron chi connectivity index (χ3n) is 1.55. The van der Waals surface area contributed by atoms with Gasteiger partial charge in [-0.3, -0.25) is 0 Å². The molecule has 0 atom stereocenters. The number of benzene rings is 1. The fourth-order valence-corrected chi connectivity index (χ4v) is 1.28. The van der Waals surface area contributed by atoms with E-state index in [0.717, 1.165) is 5.56 Å². The van der Waals surface area contributed by atoms with E-state index in [9.17, 15) is 17.2 Å². The Hall–Kier alpha value is -0.430. The monoisotopic (exact) mass is 258 g/mol. The Kier molecular flexibility index (Phi) is 6.17. The van der Waals surface area contributed by atoms with Gasteiger partial charge >= 0.3 is 45.4 Å². The minimum atomic E-state index is -4.83. The van der Waals surface area contributed by atoms with E-state index in [1.807, 2.05) is 0 Å². The number of hydrogen-bond donors (Lipinski definition) is 0. The Bertz CT molecular complexity index is 448. The van der Waals surface area contributed by atoms with E-state index in [0.29, 0.717) is 0 Å². The quantitative estimate of drug-likeness (QED) is 0.534. The predicted molar refractivity (Wildman–Crippen MR) is 53.2 cm³/mol. The summed E-state index contributed by atoms with van der Waals surface area (Å²) in [6.45, 7) is 3.48. The number of hydrogen-bond acceptors (Lipinski definition) is 3. The minimum absolute atomic E-state index is 0. The second kappa shape index (κ2) is 6.34. The van der Waals surface area contributed by atoms with E-state index in [2.05, 4.69) is 10.8 Å². The summed E-state index contributed by atoms with van der Waals surface area (Å²) >= 11 is 0. The molecule has 84 valence electrons. The van der Waals surface area contributed by atoms with Gasteiger partial charge in [-0.25, -0.2) is 0 Å². The molecule has 0 aromatic heterocycles. The molecule has 0 aliphatic carbocycles. The van der Waals surface area contributed by atoms with Gasteiger partial charge in [-0.05, 0) is 17.7 Å². The van der Waals surface area contributed by atoms with Crippen LogP contribution in [-0.4, -0.2) is 14.2 Å². The van der Waals surface area contributed by atoms with Crippen LogP contribution in [0.5, 0.6) is 5.75 Å². The molecule has 0 saturated carbocycles. The van der Waals surface area contributed by atoms with Crippen molar-refractivity contribution in [3.8, 4) is 5.75 Å². The Morgan fingerprint density at radius 3 is 2.19 bits per heavy atom. The van der Waals surface area contributed by atoms with Crippen LogP contribution >= 0.6 is 0 Å². The molecule has 0 aliphatic rings. The van der Waals surface area contributed by atoms with Crippen LogP contribution in [0.2, 0.25) is 0 Å². The zero-order valence-electron chi connectivity index (χ0n) is 9.56. The van der Waals surface area contributed by atoms with Crippen LogP contribution in [0.1, 0.15) is 6.99 Å². The molecule has 0 amide bonds. The fourth-order valence-electron chi connectivity index (χ4n) is 0.830. The van der Waals surface area contributed by atoms with Crippen molar-refractivity contribution < 1.29 is 52.4 Å². The van der Waals surface area contributed by atoms with Crippen molar-refractivity contribution in [3.05, 3.63) is 36.4 Å². The van der Waals surface area contributed by atoms with Gasteiger partial charge in [0.05, 0.1) is 0 Å². The van der Waals surface area contributed by atoms with Crippen molar-refractivity contribution in [3.63, 3.8) is 0 Å². The van der Waals surface area contributed by atoms with Crippen molar-refractivity contribution in [2.24, 2.45) is 0 Å². The first-order valence-corrected chi connectivity index (χ1v) is 5.37. The van der Waals surface area contributed by atoms with E-state index in [4.69, 9.17) is 0 Å². The third kappa shape index (κ3) is 4.21. The van der Waals surface area contributed by atoms with Crippen LogP contribution in [0.15, 0.2) is 30.8 Å². The summed E-state index contributed by atoms with van der Waals surface area (Å²) in [5, 5.41) is 0. The van der Waals surface area contributed by atoms with E-state index in [1.165, 1.54) is 30.3 Å². The van der Waals surface area contributed by atoms with E-state index < -0.39 is 15.9 Å². The normalized spacial score (nSPS) is 10.7. The molecule has 0 fully saturated rings. The standard InChI is InChI=1S/C9H8F2O3S.Na.H/c1-2-7-3-5-8(6-4-7)14-15(12,13)9(10)11;;/h2-6,9H,1H2;;/q;+1;-1. The molecule has 1 aromatic rings. The van der Waals surface area contributed by atoms with Crippen molar-refractivity contribution >= 4 is 16.2 Å². The SMILES string of the molecule is C=Cc1ccc(OS(=O)(=O)C(F)F)cc1.[H-].[Na+]. The first-order valence-electron chi connectivity index (χ1n) is 3.89. The van der Waals surface area contributed by atoms with Crippen LogP contribution in [0.4, 0.5) is 8.78 Å². The van der Waals surface area contributed by atoms with Gasteiger partial charge in [0.25, 0.3) is 0 Å². The fraction of sp³-hybridized carbons (Fsp3) is 0.111. The maximum absolute atomic E-state index is 11.9. The summed E-state index contributed by atoms with van der Waals surface area (Å²) in [5.74, 6) is -3.70. The predicted octanol–water partition coefficient (Wildman–Crippen LogP) is -0.623. The number of halogens is 2. The van der Waals surface area contributed by atoms with Gasteiger partial charge in [-0.2, -0.15) is 17.2 Å². The number of alkyl halides is 2. The topological polar surface area (TPSA) is 43.4 Å². The summed E-state index contributed by atoms with van der Waals surface area (Å²) in [6, 6.07) is 5.56. The van der Waals surface area contributed by atoms with E-state index >= 15 is 0 Å². The van der Waals surface area contributed by atoms with Crippen molar-refractivity contribution in [1.82, 2.24) is 0 Å². The largest absolute Gasteiger partial charge is 1.00 e. The van der Waals surface area contributed by atoms with Gasteiger partial charge in [-0.1, -0.05) is 24.8 Å². The maximum atomic E-state index is 11.9. The van der Waals surface area contributed by atoms with Gasteiger partial charge in [0.2, 0.25) is 0 Å². The summed E-state index contributed by atoms with van der Waals surface area (Å²) in [5.41, 5.74) is 0.733. The average Bonchev–Trinajstić information content (AvgIpc) is 2.18. The molecule has 0 radical (unpaired) electrons. The molecule has 0 heterocycles. The minimum Gasteiger partial charge on any atom is -1.00 e. The Balaban J connectivity index is 0. The molecule has 0 N–H and O–H groups in total. The molecule has 0 bridgehead atoms. The van der Waals surface area contributed by atoms with Crippen molar-refractivity contribution in [1.29, 1.82) is 0 Å².